The molecule has 0 aliphatic carbocycles. The number of hydrogen-bond acceptors (Lipinski definition) is 4. The summed E-state index contributed by atoms with van der Waals surface area (Å²) >= 11 is 0. The van der Waals surface area contributed by atoms with Gasteiger partial charge in [-0.1, -0.05) is 31.2 Å². The molecule has 1 heterocycles. The normalized spacial score (nSPS) is 10.9. The van der Waals surface area contributed by atoms with Gasteiger partial charge in [-0.25, -0.2) is 0 Å². The van der Waals surface area contributed by atoms with Gasteiger partial charge in [-0.3, -0.25) is 20.6 Å². The maximum absolute atomic E-state index is 11.8. The van der Waals surface area contributed by atoms with E-state index in [2.05, 4.69) is 40.2 Å². The summed E-state index contributed by atoms with van der Waals surface area (Å²) in [6.07, 6.45) is 7.81. The molecule has 0 atom stereocenters. The van der Waals surface area contributed by atoms with Crippen LogP contribution in [-0.4, -0.2) is 17.4 Å². The van der Waals surface area contributed by atoms with Crippen molar-refractivity contribution in [2.45, 2.75) is 26.4 Å². The minimum atomic E-state index is -0.110. The van der Waals surface area contributed by atoms with Crippen LogP contribution in [0.1, 0.15) is 30.0 Å². The van der Waals surface area contributed by atoms with Crippen molar-refractivity contribution in [3.8, 4) is 0 Å². The molecule has 0 unspecified atom stereocenters. The second-order valence-electron chi connectivity index (χ2n) is 5.43. The van der Waals surface area contributed by atoms with Crippen molar-refractivity contribution >= 4 is 12.0 Å². The molecule has 0 bridgehead atoms. The summed E-state index contributed by atoms with van der Waals surface area (Å²) in [5, 5.41) is 2.88. The number of benzene rings is 1. The summed E-state index contributed by atoms with van der Waals surface area (Å²) < 4.78 is 0. The van der Waals surface area contributed by atoms with Crippen molar-refractivity contribution in [2.24, 2.45) is 0 Å². The van der Waals surface area contributed by atoms with Crippen LogP contribution in [0.4, 0.5) is 0 Å². The zero-order valence-corrected chi connectivity index (χ0v) is 14.0. The van der Waals surface area contributed by atoms with Crippen LogP contribution in [0.5, 0.6) is 0 Å². The quantitative estimate of drug-likeness (QED) is 0.376. The van der Waals surface area contributed by atoms with Gasteiger partial charge in [-0.15, -0.1) is 0 Å². The van der Waals surface area contributed by atoms with E-state index in [1.807, 2.05) is 24.3 Å². The molecule has 2 rings (SSSR count). The SMILES string of the molecule is CCCNNCc1ccc(CNC(=O)/C=C/c2ccncc2)cc1. The summed E-state index contributed by atoms with van der Waals surface area (Å²) in [6, 6.07) is 11.9. The van der Waals surface area contributed by atoms with Crippen LogP contribution < -0.4 is 16.2 Å². The summed E-state index contributed by atoms with van der Waals surface area (Å²) in [5.74, 6) is -0.110. The van der Waals surface area contributed by atoms with Crippen LogP contribution >= 0.6 is 0 Å². The van der Waals surface area contributed by atoms with Crippen molar-refractivity contribution in [1.82, 2.24) is 21.2 Å². The highest BCUT2D eigenvalue weighted by Crippen LogP contribution is 2.04. The van der Waals surface area contributed by atoms with Crippen LogP contribution in [-0.2, 0) is 17.9 Å². The van der Waals surface area contributed by atoms with E-state index in [1.165, 1.54) is 11.6 Å². The van der Waals surface area contributed by atoms with E-state index in [9.17, 15) is 4.79 Å². The summed E-state index contributed by atoms with van der Waals surface area (Å²) in [5.41, 5.74) is 9.55. The molecule has 0 spiro atoms. The van der Waals surface area contributed by atoms with E-state index >= 15 is 0 Å². The molecule has 0 aliphatic rings. The average molecular weight is 324 g/mol. The molecule has 24 heavy (non-hydrogen) atoms. The van der Waals surface area contributed by atoms with Gasteiger partial charge in [-0.05, 0) is 41.3 Å². The third-order valence-electron chi connectivity index (χ3n) is 3.42. The lowest BCUT2D eigenvalue weighted by molar-refractivity contribution is -0.116. The number of carbonyl (C=O) groups excluding carboxylic acids is 1. The van der Waals surface area contributed by atoms with E-state index in [0.717, 1.165) is 30.6 Å². The number of nitrogens with one attached hydrogen (secondary N) is 3. The van der Waals surface area contributed by atoms with Gasteiger partial charge in [0.05, 0.1) is 0 Å². The highest BCUT2D eigenvalue weighted by Gasteiger charge is 1.98. The summed E-state index contributed by atoms with van der Waals surface area (Å²) in [4.78, 5) is 15.8. The number of hydrazine groups is 1. The van der Waals surface area contributed by atoms with E-state index in [4.69, 9.17) is 0 Å². The van der Waals surface area contributed by atoms with Gasteiger partial charge < -0.3 is 5.32 Å². The topological polar surface area (TPSA) is 66.0 Å². The molecule has 2 aromatic rings. The first-order valence-electron chi connectivity index (χ1n) is 8.17. The summed E-state index contributed by atoms with van der Waals surface area (Å²) in [6.45, 7) is 4.38. The first-order chi connectivity index (χ1) is 11.8. The third-order valence-corrected chi connectivity index (χ3v) is 3.42. The van der Waals surface area contributed by atoms with Crippen molar-refractivity contribution in [1.29, 1.82) is 0 Å². The monoisotopic (exact) mass is 324 g/mol. The van der Waals surface area contributed by atoms with Crippen molar-refractivity contribution in [3.63, 3.8) is 0 Å². The largest absolute Gasteiger partial charge is 0.348 e. The summed E-state index contributed by atoms with van der Waals surface area (Å²) in [7, 11) is 0. The number of nitrogens with zero attached hydrogens (tertiary/aromatic N) is 1. The first kappa shape index (κ1) is 17.8. The van der Waals surface area contributed by atoms with E-state index in [1.54, 1.807) is 18.5 Å². The molecule has 0 saturated carbocycles. The van der Waals surface area contributed by atoms with Gasteiger partial charge in [0, 0.05) is 38.1 Å². The van der Waals surface area contributed by atoms with Crippen molar-refractivity contribution in [3.05, 3.63) is 71.6 Å². The maximum Gasteiger partial charge on any atom is 0.244 e. The Bertz CT molecular complexity index is 638. The Morgan fingerprint density at radius 3 is 2.33 bits per heavy atom. The van der Waals surface area contributed by atoms with Crippen LogP contribution in [0, 0.1) is 0 Å². The van der Waals surface area contributed by atoms with Crippen molar-refractivity contribution in [2.75, 3.05) is 6.54 Å². The lowest BCUT2D eigenvalue weighted by Gasteiger charge is -2.07. The van der Waals surface area contributed by atoms with E-state index in [-0.39, 0.29) is 5.91 Å². The van der Waals surface area contributed by atoms with Gasteiger partial charge >= 0.3 is 0 Å². The Labute approximate surface area is 143 Å². The lowest BCUT2D eigenvalue weighted by Crippen LogP contribution is -2.31. The van der Waals surface area contributed by atoms with Gasteiger partial charge in [0.25, 0.3) is 0 Å². The fourth-order valence-corrected chi connectivity index (χ4v) is 2.05. The fraction of sp³-hybridized carbons (Fsp3) is 0.263. The maximum atomic E-state index is 11.8. The fourth-order valence-electron chi connectivity index (χ4n) is 2.05. The molecule has 1 aromatic heterocycles. The standard InChI is InChI=1S/C19H24N4O/c1-2-11-22-23-15-18-5-3-17(4-6-18)14-21-19(24)8-7-16-9-12-20-13-10-16/h3-10,12-13,22-23H,2,11,14-15H2,1H3,(H,21,24)/b8-7+. The predicted molar refractivity (Wildman–Crippen MR) is 96.7 cm³/mol. The zero-order valence-electron chi connectivity index (χ0n) is 14.0. The third kappa shape index (κ3) is 6.73. The van der Waals surface area contributed by atoms with E-state index < -0.39 is 0 Å². The Balaban J connectivity index is 1.73. The smallest absolute Gasteiger partial charge is 0.244 e. The van der Waals surface area contributed by atoms with Gasteiger partial charge in [0.2, 0.25) is 5.91 Å². The second-order valence-corrected chi connectivity index (χ2v) is 5.43. The van der Waals surface area contributed by atoms with Crippen LogP contribution in [0.15, 0.2) is 54.9 Å². The minimum absolute atomic E-state index is 0.110. The zero-order chi connectivity index (χ0) is 17.0. The molecule has 126 valence electrons. The molecule has 1 amide bonds. The van der Waals surface area contributed by atoms with Crippen LogP contribution in [0.2, 0.25) is 0 Å². The Kier molecular flexibility index (Phi) is 7.67. The molecular weight excluding hydrogens is 300 g/mol. The molecule has 3 N–H and O–H groups in total. The molecule has 0 radical (unpaired) electrons. The molecule has 5 nitrogen and oxygen atoms in total. The van der Waals surface area contributed by atoms with Gasteiger partial charge in [-0.2, -0.15) is 0 Å². The molecule has 0 aliphatic heterocycles. The molecule has 1 aromatic carbocycles. The average Bonchev–Trinajstić information content (AvgIpc) is 2.64. The number of pyridine rings is 1. The van der Waals surface area contributed by atoms with E-state index in [0.29, 0.717) is 6.54 Å². The second kappa shape index (κ2) is 10.3. The number of hydrogen-bond donors (Lipinski definition) is 3. The molecular formula is C19H24N4O. The van der Waals surface area contributed by atoms with Crippen molar-refractivity contribution < 1.29 is 4.79 Å². The first-order valence-corrected chi connectivity index (χ1v) is 8.17. The Hall–Kier alpha value is -2.50. The Morgan fingerprint density at radius 1 is 1.00 bits per heavy atom. The lowest BCUT2D eigenvalue weighted by atomic mass is 10.1. The van der Waals surface area contributed by atoms with Gasteiger partial charge in [0.1, 0.15) is 0 Å². The molecule has 0 fully saturated rings. The Morgan fingerprint density at radius 2 is 1.67 bits per heavy atom. The number of amides is 1. The minimum Gasteiger partial charge on any atom is -0.348 e. The number of aromatic nitrogens is 1. The van der Waals surface area contributed by atoms with Gasteiger partial charge in [0.15, 0.2) is 0 Å². The highest BCUT2D eigenvalue weighted by atomic mass is 16.1. The van der Waals surface area contributed by atoms with Crippen LogP contribution in [0.3, 0.4) is 0 Å². The van der Waals surface area contributed by atoms with Crippen LogP contribution in [0.25, 0.3) is 6.08 Å². The molecule has 5 heteroatoms. The predicted octanol–water partition coefficient (Wildman–Crippen LogP) is 2.42. The highest BCUT2D eigenvalue weighted by molar-refractivity contribution is 5.91. The molecule has 0 saturated heterocycles. The number of carbonyl (C=O) groups is 1. The number of rotatable bonds is 9.